The van der Waals surface area contributed by atoms with E-state index in [-0.39, 0.29) is 17.0 Å². The Balaban J connectivity index is 0.000000659. The lowest BCUT2D eigenvalue weighted by atomic mass is 10.5. The van der Waals surface area contributed by atoms with Gasteiger partial charge in [0, 0.05) is 7.05 Å². The number of anilines is 1. The monoisotopic (exact) mass is 253 g/mol. The highest BCUT2D eigenvalue weighted by molar-refractivity contribution is 5.72. The van der Waals surface area contributed by atoms with Gasteiger partial charge in [0.25, 0.3) is 5.56 Å². The van der Waals surface area contributed by atoms with Crippen LogP contribution in [0.5, 0.6) is 0 Å². The van der Waals surface area contributed by atoms with Crippen LogP contribution in [0.4, 0.5) is 5.95 Å². The predicted octanol–water partition coefficient (Wildman–Crippen LogP) is 0.651. The van der Waals surface area contributed by atoms with Gasteiger partial charge in [0.2, 0.25) is 5.95 Å². The van der Waals surface area contributed by atoms with Crippen molar-refractivity contribution in [1.29, 1.82) is 0 Å². The molecule has 0 amide bonds. The fraction of sp³-hybridized carbons (Fsp3) is 0.455. The fourth-order valence-corrected chi connectivity index (χ4v) is 1.22. The first-order chi connectivity index (χ1) is 8.59. The second-order valence-electron chi connectivity index (χ2n) is 2.81. The summed E-state index contributed by atoms with van der Waals surface area (Å²) in [6, 6.07) is 0. The van der Waals surface area contributed by atoms with E-state index in [0.29, 0.717) is 0 Å². The number of fused-ring (bicyclic) bond motifs is 1. The van der Waals surface area contributed by atoms with E-state index in [4.69, 9.17) is 5.73 Å². The molecule has 0 spiro atoms. The number of nitrogens with one attached hydrogen (secondary N) is 1. The number of nitrogens with zero attached hydrogens (tertiary/aromatic N) is 3. The Morgan fingerprint density at radius 1 is 1.22 bits per heavy atom. The minimum atomic E-state index is -0.614. The van der Waals surface area contributed by atoms with Crippen molar-refractivity contribution in [2.45, 2.75) is 27.7 Å². The van der Waals surface area contributed by atoms with Crippen LogP contribution in [0.2, 0.25) is 0 Å². The third-order valence-electron chi connectivity index (χ3n) is 1.82. The van der Waals surface area contributed by atoms with Gasteiger partial charge in [-0.3, -0.25) is 14.6 Å². The molecule has 0 unspecified atom stereocenters. The van der Waals surface area contributed by atoms with E-state index in [1.165, 1.54) is 10.9 Å². The van der Waals surface area contributed by atoms with Crippen LogP contribution in [0.25, 0.3) is 11.0 Å². The van der Waals surface area contributed by atoms with E-state index in [9.17, 15) is 9.59 Å². The number of nitrogens with two attached hydrogens (primary N) is 1. The second kappa shape index (κ2) is 7.21. The molecule has 0 saturated carbocycles. The SMILES string of the molecule is CC.CC.Cn1cnc2c(=O)nc(N)[nH]c(=O)c21. The molecule has 0 radical (unpaired) electrons. The van der Waals surface area contributed by atoms with Gasteiger partial charge in [0.05, 0.1) is 6.33 Å². The quantitative estimate of drug-likeness (QED) is 0.717. The molecule has 0 saturated heterocycles. The summed E-state index contributed by atoms with van der Waals surface area (Å²) < 4.78 is 1.44. The standard InChI is InChI=1S/C7H7N5O2.2C2H6/c1-12-2-9-3-4(12)6(14)11-7(8)10-5(3)13;2*1-2/h2H,1H3,(H3,8,10,11,13,14);2*1-2H3. The second-order valence-corrected chi connectivity index (χ2v) is 2.81. The number of aromatic nitrogens is 4. The molecule has 0 aromatic carbocycles. The van der Waals surface area contributed by atoms with Crippen molar-refractivity contribution in [3.05, 3.63) is 27.0 Å². The van der Waals surface area contributed by atoms with Gasteiger partial charge >= 0.3 is 5.56 Å². The van der Waals surface area contributed by atoms with Crippen LogP contribution >= 0.6 is 0 Å². The fourth-order valence-electron chi connectivity index (χ4n) is 1.22. The zero-order valence-electron chi connectivity index (χ0n) is 11.3. The lowest BCUT2D eigenvalue weighted by Gasteiger charge is -1.85. The summed E-state index contributed by atoms with van der Waals surface area (Å²) >= 11 is 0. The molecule has 2 heterocycles. The molecule has 3 N–H and O–H groups in total. The Morgan fingerprint density at radius 2 is 1.78 bits per heavy atom. The average molecular weight is 253 g/mol. The molecular weight excluding hydrogens is 234 g/mol. The number of aryl methyl sites for hydroxylation is 1. The highest BCUT2D eigenvalue weighted by atomic mass is 16.1. The Morgan fingerprint density at radius 3 is 2.33 bits per heavy atom. The van der Waals surface area contributed by atoms with Crippen molar-refractivity contribution >= 4 is 17.0 Å². The molecule has 0 aliphatic heterocycles. The van der Waals surface area contributed by atoms with E-state index in [1.807, 2.05) is 27.7 Å². The molecule has 2 aromatic heterocycles. The van der Waals surface area contributed by atoms with Crippen molar-refractivity contribution < 1.29 is 0 Å². The number of aromatic amines is 1. The van der Waals surface area contributed by atoms with Gasteiger partial charge in [-0.1, -0.05) is 27.7 Å². The zero-order valence-corrected chi connectivity index (χ0v) is 11.3. The maximum absolute atomic E-state index is 11.5. The van der Waals surface area contributed by atoms with Gasteiger partial charge in [-0.25, -0.2) is 4.98 Å². The van der Waals surface area contributed by atoms with Crippen LogP contribution in [0.1, 0.15) is 27.7 Å². The summed E-state index contributed by atoms with van der Waals surface area (Å²) in [5.41, 5.74) is 4.36. The van der Waals surface area contributed by atoms with E-state index >= 15 is 0 Å². The molecular formula is C11H19N5O2. The van der Waals surface area contributed by atoms with Gasteiger partial charge < -0.3 is 10.3 Å². The minimum Gasteiger partial charge on any atom is -0.369 e. The molecule has 0 fully saturated rings. The van der Waals surface area contributed by atoms with Crippen molar-refractivity contribution in [2.24, 2.45) is 7.05 Å². The van der Waals surface area contributed by atoms with Gasteiger partial charge in [-0.05, 0) is 0 Å². The number of imidazole rings is 1. The smallest absolute Gasteiger partial charge is 0.301 e. The van der Waals surface area contributed by atoms with Crippen LogP contribution in [0.15, 0.2) is 15.9 Å². The van der Waals surface area contributed by atoms with E-state index in [2.05, 4.69) is 15.0 Å². The van der Waals surface area contributed by atoms with Crippen LogP contribution in [0.3, 0.4) is 0 Å². The third kappa shape index (κ3) is 3.16. The Bertz CT molecular complexity index is 615. The van der Waals surface area contributed by atoms with Crippen LogP contribution in [-0.4, -0.2) is 19.5 Å². The molecule has 2 rings (SSSR count). The lowest BCUT2D eigenvalue weighted by Crippen LogP contribution is -2.08. The van der Waals surface area contributed by atoms with Crippen LogP contribution in [-0.2, 0) is 7.05 Å². The summed E-state index contributed by atoms with van der Waals surface area (Å²) in [4.78, 5) is 32.3. The number of nitrogen functional groups attached to an aromatic ring is 1. The van der Waals surface area contributed by atoms with Gasteiger partial charge in [-0.15, -0.1) is 0 Å². The van der Waals surface area contributed by atoms with Gasteiger partial charge in [0.15, 0.2) is 5.52 Å². The van der Waals surface area contributed by atoms with E-state index in [1.54, 1.807) is 7.05 Å². The summed E-state index contributed by atoms with van der Waals surface area (Å²) in [6.45, 7) is 8.00. The Kier molecular flexibility index (Phi) is 6.33. The molecule has 0 aliphatic rings. The maximum atomic E-state index is 11.5. The number of hydrogen-bond donors (Lipinski definition) is 2. The van der Waals surface area contributed by atoms with E-state index < -0.39 is 11.1 Å². The van der Waals surface area contributed by atoms with Gasteiger partial charge in [0.1, 0.15) is 5.52 Å². The first kappa shape index (κ1) is 15.8. The first-order valence-corrected chi connectivity index (χ1v) is 5.80. The third-order valence-corrected chi connectivity index (χ3v) is 1.82. The first-order valence-electron chi connectivity index (χ1n) is 5.80. The summed E-state index contributed by atoms with van der Waals surface area (Å²) in [5, 5.41) is 0. The molecule has 0 atom stereocenters. The maximum Gasteiger partial charge on any atom is 0.301 e. The summed E-state index contributed by atoms with van der Waals surface area (Å²) in [6.07, 6.45) is 1.37. The van der Waals surface area contributed by atoms with Crippen LogP contribution in [0, 0.1) is 0 Å². The zero-order chi connectivity index (χ0) is 14.3. The minimum absolute atomic E-state index is 0.0189. The molecule has 0 aliphatic carbocycles. The normalized spacial score (nSPS) is 8.94. The highest BCUT2D eigenvalue weighted by Gasteiger charge is 2.07. The number of H-pyrrole nitrogens is 1. The molecule has 0 bridgehead atoms. The van der Waals surface area contributed by atoms with Crippen molar-refractivity contribution in [3.63, 3.8) is 0 Å². The van der Waals surface area contributed by atoms with Crippen LogP contribution < -0.4 is 16.9 Å². The average Bonchev–Trinajstić information content (AvgIpc) is 2.71. The Labute approximate surface area is 105 Å². The van der Waals surface area contributed by atoms with Crippen molar-refractivity contribution in [1.82, 2.24) is 19.5 Å². The molecule has 18 heavy (non-hydrogen) atoms. The number of hydrogen-bond acceptors (Lipinski definition) is 5. The van der Waals surface area contributed by atoms with Gasteiger partial charge in [-0.2, -0.15) is 4.98 Å². The van der Waals surface area contributed by atoms with Crippen molar-refractivity contribution in [3.8, 4) is 0 Å². The molecule has 7 heteroatoms. The Hall–Kier alpha value is -2.18. The number of rotatable bonds is 0. The largest absolute Gasteiger partial charge is 0.369 e. The molecule has 2 aromatic rings. The molecule has 100 valence electrons. The van der Waals surface area contributed by atoms with E-state index in [0.717, 1.165) is 0 Å². The molecule has 7 nitrogen and oxygen atoms in total. The summed E-state index contributed by atoms with van der Waals surface area (Å²) in [5.74, 6) is -0.210. The highest BCUT2D eigenvalue weighted by Crippen LogP contribution is 1.98. The van der Waals surface area contributed by atoms with Crippen molar-refractivity contribution in [2.75, 3.05) is 5.73 Å². The lowest BCUT2D eigenvalue weighted by molar-refractivity contribution is 0.938. The predicted molar refractivity (Wildman–Crippen MR) is 72.5 cm³/mol. The summed E-state index contributed by atoms with van der Waals surface area (Å²) in [7, 11) is 1.61. The topological polar surface area (TPSA) is 107 Å².